The molecule has 0 saturated heterocycles. The van der Waals surface area contributed by atoms with Crippen LogP contribution < -0.4 is 15.4 Å². The van der Waals surface area contributed by atoms with Gasteiger partial charge in [0.2, 0.25) is 0 Å². The average molecular weight is 242 g/mol. The number of hydrogen-bond acceptors (Lipinski definition) is 3. The summed E-state index contributed by atoms with van der Waals surface area (Å²) < 4.78 is 5.25. The number of aryl methyl sites for hydroxylation is 1. The lowest BCUT2D eigenvalue weighted by atomic mass is 10.1. The molecule has 0 aromatic heterocycles. The first-order valence-corrected chi connectivity index (χ1v) is 5.85. The number of hydrogen-bond donors (Lipinski definition) is 1. The third-order valence-electron chi connectivity index (χ3n) is 3.01. The van der Waals surface area contributed by atoms with E-state index >= 15 is 0 Å². The van der Waals surface area contributed by atoms with Gasteiger partial charge in [0, 0.05) is 36.2 Å². The number of nitrogen functional groups attached to an aromatic ring is 1. The van der Waals surface area contributed by atoms with Crippen LogP contribution in [-0.4, -0.2) is 14.2 Å². The molecular weight excluding hydrogens is 224 g/mol. The Bertz CT molecular complexity index is 552. The smallest absolute Gasteiger partial charge is 0.122 e. The summed E-state index contributed by atoms with van der Waals surface area (Å²) >= 11 is 0. The minimum absolute atomic E-state index is 0.699. The van der Waals surface area contributed by atoms with Gasteiger partial charge in [-0.05, 0) is 24.6 Å². The molecule has 0 fully saturated rings. The maximum Gasteiger partial charge on any atom is 0.122 e. The fraction of sp³-hybridized carbons (Fsp3) is 0.200. The van der Waals surface area contributed by atoms with Crippen molar-refractivity contribution in [3.8, 4) is 5.75 Å². The molecule has 2 aromatic carbocycles. The van der Waals surface area contributed by atoms with Crippen LogP contribution in [0.15, 0.2) is 42.5 Å². The van der Waals surface area contributed by atoms with E-state index < -0.39 is 0 Å². The molecular formula is C15H18N2O. The van der Waals surface area contributed by atoms with E-state index in [-0.39, 0.29) is 0 Å². The third-order valence-corrected chi connectivity index (χ3v) is 3.01. The van der Waals surface area contributed by atoms with E-state index in [2.05, 4.69) is 24.0 Å². The van der Waals surface area contributed by atoms with E-state index in [1.165, 1.54) is 5.56 Å². The molecule has 2 N–H and O–H groups in total. The van der Waals surface area contributed by atoms with E-state index in [1.807, 2.05) is 37.4 Å². The lowest BCUT2D eigenvalue weighted by molar-refractivity contribution is 0.415. The van der Waals surface area contributed by atoms with Crippen LogP contribution in [0, 0.1) is 6.92 Å². The fourth-order valence-electron chi connectivity index (χ4n) is 2.00. The molecule has 0 bridgehead atoms. The number of nitrogens with zero attached hydrogens (tertiary/aromatic N) is 1. The monoisotopic (exact) mass is 242 g/mol. The van der Waals surface area contributed by atoms with E-state index in [4.69, 9.17) is 10.5 Å². The Morgan fingerprint density at radius 1 is 1.11 bits per heavy atom. The maximum absolute atomic E-state index is 5.88. The highest BCUT2D eigenvalue weighted by atomic mass is 16.5. The largest absolute Gasteiger partial charge is 0.497 e. The normalized spacial score (nSPS) is 10.2. The number of nitrogens with two attached hydrogens (primary N) is 1. The first-order chi connectivity index (χ1) is 8.61. The summed E-state index contributed by atoms with van der Waals surface area (Å²) in [6.07, 6.45) is 0. The van der Waals surface area contributed by atoms with Crippen molar-refractivity contribution in [3.63, 3.8) is 0 Å². The van der Waals surface area contributed by atoms with Crippen LogP contribution in [0.1, 0.15) is 5.56 Å². The lowest BCUT2D eigenvalue weighted by Crippen LogP contribution is -2.11. The summed E-state index contributed by atoms with van der Waals surface area (Å²) in [7, 11) is 3.67. The van der Waals surface area contributed by atoms with Crippen molar-refractivity contribution in [2.45, 2.75) is 6.92 Å². The first kappa shape index (κ1) is 12.3. The van der Waals surface area contributed by atoms with Gasteiger partial charge in [-0.25, -0.2) is 0 Å². The molecule has 2 aromatic rings. The number of para-hydroxylation sites is 1. The van der Waals surface area contributed by atoms with Crippen molar-refractivity contribution in [1.82, 2.24) is 0 Å². The van der Waals surface area contributed by atoms with Crippen molar-refractivity contribution in [3.05, 3.63) is 48.0 Å². The Kier molecular flexibility index (Phi) is 3.42. The molecule has 0 aliphatic rings. The van der Waals surface area contributed by atoms with Crippen molar-refractivity contribution in [2.24, 2.45) is 0 Å². The minimum Gasteiger partial charge on any atom is -0.497 e. The molecule has 2 rings (SSSR count). The predicted molar refractivity (Wildman–Crippen MR) is 76.6 cm³/mol. The number of anilines is 3. The molecule has 0 atom stereocenters. The number of benzene rings is 2. The highest BCUT2D eigenvalue weighted by Gasteiger charge is 2.08. The van der Waals surface area contributed by atoms with Crippen LogP contribution in [0.3, 0.4) is 0 Å². The molecule has 3 heteroatoms. The van der Waals surface area contributed by atoms with Gasteiger partial charge in [0.25, 0.3) is 0 Å². The molecule has 0 heterocycles. The van der Waals surface area contributed by atoms with Crippen LogP contribution in [0.25, 0.3) is 0 Å². The Labute approximate surface area is 108 Å². The van der Waals surface area contributed by atoms with Crippen molar-refractivity contribution < 1.29 is 4.74 Å². The third kappa shape index (κ3) is 2.40. The van der Waals surface area contributed by atoms with E-state index in [0.29, 0.717) is 5.69 Å². The van der Waals surface area contributed by atoms with Gasteiger partial charge >= 0.3 is 0 Å². The molecule has 94 valence electrons. The van der Waals surface area contributed by atoms with Gasteiger partial charge in [-0.15, -0.1) is 0 Å². The Morgan fingerprint density at radius 3 is 2.50 bits per heavy atom. The maximum atomic E-state index is 5.88. The summed E-state index contributed by atoms with van der Waals surface area (Å²) in [5.41, 5.74) is 9.98. The minimum atomic E-state index is 0.699. The second kappa shape index (κ2) is 5.00. The molecule has 18 heavy (non-hydrogen) atoms. The fourth-order valence-corrected chi connectivity index (χ4v) is 2.00. The number of methoxy groups -OCH3 is 1. The quantitative estimate of drug-likeness (QED) is 0.839. The zero-order valence-corrected chi connectivity index (χ0v) is 11.0. The summed E-state index contributed by atoms with van der Waals surface area (Å²) in [4.78, 5) is 2.11. The van der Waals surface area contributed by atoms with Gasteiger partial charge in [0.1, 0.15) is 5.75 Å². The number of rotatable bonds is 3. The van der Waals surface area contributed by atoms with Crippen LogP contribution in [0.5, 0.6) is 5.75 Å². The van der Waals surface area contributed by atoms with Crippen molar-refractivity contribution in [1.29, 1.82) is 0 Å². The van der Waals surface area contributed by atoms with Crippen LogP contribution >= 0.6 is 0 Å². The summed E-state index contributed by atoms with van der Waals surface area (Å²) in [5.74, 6) is 0.769. The van der Waals surface area contributed by atoms with Gasteiger partial charge in [0.05, 0.1) is 7.11 Å². The SMILES string of the molecule is COc1cc(N)cc(N(C)c2ccccc2C)c1. The van der Waals surface area contributed by atoms with Crippen LogP contribution in [0.2, 0.25) is 0 Å². The van der Waals surface area contributed by atoms with Crippen molar-refractivity contribution in [2.75, 3.05) is 24.8 Å². The van der Waals surface area contributed by atoms with Gasteiger partial charge in [-0.1, -0.05) is 18.2 Å². The highest BCUT2D eigenvalue weighted by molar-refractivity contribution is 5.70. The van der Waals surface area contributed by atoms with Gasteiger partial charge in [0.15, 0.2) is 0 Å². The zero-order chi connectivity index (χ0) is 13.1. The standard InChI is InChI=1S/C15H18N2O/c1-11-6-4-5-7-15(11)17(2)13-8-12(16)9-14(10-13)18-3/h4-10H,16H2,1-3H3. The van der Waals surface area contributed by atoms with Crippen molar-refractivity contribution >= 4 is 17.1 Å². The van der Waals surface area contributed by atoms with E-state index in [1.54, 1.807) is 7.11 Å². The van der Waals surface area contributed by atoms with Crippen LogP contribution in [0.4, 0.5) is 17.1 Å². The summed E-state index contributed by atoms with van der Waals surface area (Å²) in [5, 5.41) is 0. The molecule has 0 aliphatic carbocycles. The molecule has 0 aliphatic heterocycles. The Morgan fingerprint density at radius 2 is 1.83 bits per heavy atom. The predicted octanol–water partition coefficient (Wildman–Crippen LogP) is 3.35. The second-order valence-corrected chi connectivity index (χ2v) is 4.31. The molecule has 0 radical (unpaired) electrons. The lowest BCUT2D eigenvalue weighted by Gasteiger charge is -2.22. The summed E-state index contributed by atoms with van der Waals surface area (Å²) in [6.45, 7) is 2.09. The first-order valence-electron chi connectivity index (χ1n) is 5.85. The average Bonchev–Trinajstić information content (AvgIpc) is 2.37. The number of ether oxygens (including phenoxy) is 1. The molecule has 0 spiro atoms. The molecule has 0 amide bonds. The van der Waals surface area contributed by atoms with E-state index in [0.717, 1.165) is 17.1 Å². The Balaban J connectivity index is 2.43. The zero-order valence-electron chi connectivity index (χ0n) is 11.0. The van der Waals surface area contributed by atoms with Crippen LogP contribution in [-0.2, 0) is 0 Å². The van der Waals surface area contributed by atoms with Gasteiger partial charge in [-0.3, -0.25) is 0 Å². The summed E-state index contributed by atoms with van der Waals surface area (Å²) in [6, 6.07) is 14.0. The molecule has 0 unspecified atom stereocenters. The van der Waals surface area contributed by atoms with Gasteiger partial charge in [-0.2, -0.15) is 0 Å². The highest BCUT2D eigenvalue weighted by Crippen LogP contribution is 2.31. The second-order valence-electron chi connectivity index (χ2n) is 4.31. The molecule has 0 saturated carbocycles. The Hall–Kier alpha value is -2.16. The van der Waals surface area contributed by atoms with Gasteiger partial charge < -0.3 is 15.4 Å². The topological polar surface area (TPSA) is 38.5 Å². The molecule has 3 nitrogen and oxygen atoms in total. The van der Waals surface area contributed by atoms with E-state index in [9.17, 15) is 0 Å².